The topological polar surface area (TPSA) is 40.6 Å². The molecule has 21 heavy (non-hydrogen) atoms. The number of carbonyl (C=O) groups is 2. The highest BCUT2D eigenvalue weighted by atomic mass is 16.2. The van der Waals surface area contributed by atoms with E-state index in [9.17, 15) is 9.59 Å². The minimum atomic E-state index is -0.407. The van der Waals surface area contributed by atoms with E-state index in [0.29, 0.717) is 24.2 Å². The van der Waals surface area contributed by atoms with E-state index in [1.54, 1.807) is 17.0 Å². The first-order valence-corrected chi connectivity index (χ1v) is 7.57. The fourth-order valence-corrected chi connectivity index (χ4v) is 3.40. The van der Waals surface area contributed by atoms with Gasteiger partial charge in [-0.3, -0.25) is 14.5 Å². The maximum absolute atomic E-state index is 12.2. The number of anilines is 1. The summed E-state index contributed by atoms with van der Waals surface area (Å²) in [6, 6.07) is 8.21. The molecule has 2 rings (SSSR count). The first-order valence-electron chi connectivity index (χ1n) is 7.57. The second kappa shape index (κ2) is 5.98. The van der Waals surface area contributed by atoms with E-state index in [1.807, 2.05) is 12.1 Å². The van der Waals surface area contributed by atoms with E-state index in [4.69, 9.17) is 0 Å². The zero-order chi connectivity index (χ0) is 15.7. The van der Waals surface area contributed by atoms with Crippen molar-refractivity contribution in [3.05, 3.63) is 29.8 Å². The highest BCUT2D eigenvalue weighted by molar-refractivity contribution is 6.52. The number of amides is 1. The number of hydrogen-bond acceptors (Lipinski definition) is 3. The number of ketones is 1. The highest BCUT2D eigenvalue weighted by Gasteiger charge is 2.37. The van der Waals surface area contributed by atoms with Crippen molar-refractivity contribution >= 4 is 17.4 Å². The van der Waals surface area contributed by atoms with Crippen LogP contribution in [0.15, 0.2) is 24.3 Å². The zero-order valence-corrected chi connectivity index (χ0v) is 13.5. The lowest BCUT2D eigenvalue weighted by Gasteiger charge is -2.38. The van der Waals surface area contributed by atoms with Crippen molar-refractivity contribution in [1.29, 1.82) is 0 Å². The van der Waals surface area contributed by atoms with Crippen LogP contribution in [-0.4, -0.2) is 41.3 Å². The molecular formula is C17H24N2O2. The highest BCUT2D eigenvalue weighted by Crippen LogP contribution is 2.29. The smallest absolute Gasteiger partial charge is 0.299 e. The molecule has 114 valence electrons. The van der Waals surface area contributed by atoms with Crippen LogP contribution < -0.4 is 4.90 Å². The summed E-state index contributed by atoms with van der Waals surface area (Å²) in [7, 11) is 0. The average Bonchev–Trinajstić information content (AvgIpc) is 2.64. The lowest BCUT2D eigenvalue weighted by Crippen LogP contribution is -2.49. The summed E-state index contributed by atoms with van der Waals surface area (Å²) in [5, 5.41) is 0. The third kappa shape index (κ3) is 2.86. The Kier molecular flexibility index (Phi) is 4.47. The molecule has 0 saturated heterocycles. The van der Waals surface area contributed by atoms with Crippen LogP contribution in [0.25, 0.3) is 0 Å². The monoisotopic (exact) mass is 288 g/mol. The molecule has 4 nitrogen and oxygen atoms in total. The van der Waals surface area contributed by atoms with Gasteiger partial charge in [-0.1, -0.05) is 12.1 Å². The third-order valence-corrected chi connectivity index (χ3v) is 4.03. The third-order valence-electron chi connectivity index (χ3n) is 4.03. The Bertz CT molecular complexity index is 543. The summed E-state index contributed by atoms with van der Waals surface area (Å²) < 4.78 is 0. The molecule has 0 saturated carbocycles. The number of nitrogens with zero attached hydrogens (tertiary/aromatic N) is 2. The van der Waals surface area contributed by atoms with E-state index in [2.05, 4.69) is 39.5 Å². The lowest BCUT2D eigenvalue weighted by atomic mass is 10.1. The normalized spacial score (nSPS) is 16.3. The largest absolute Gasteiger partial charge is 0.303 e. The van der Waals surface area contributed by atoms with Gasteiger partial charge >= 0.3 is 0 Å². The molecule has 1 aromatic carbocycles. The molecule has 1 aliphatic rings. The standard InChI is InChI=1S/C17H24N2O2/c1-11(2)19(12(3)4)13(5)10-18-15-9-7-6-8-14(15)16(20)17(18)21/h6-9,11-13H,10H2,1-5H3. The Balaban J connectivity index is 2.24. The van der Waals surface area contributed by atoms with Crippen LogP contribution in [0.1, 0.15) is 45.0 Å². The number of rotatable bonds is 5. The minimum absolute atomic E-state index is 0.188. The number of benzene rings is 1. The van der Waals surface area contributed by atoms with Gasteiger partial charge in [0.25, 0.3) is 11.7 Å². The van der Waals surface area contributed by atoms with Crippen molar-refractivity contribution < 1.29 is 9.59 Å². The molecule has 0 aliphatic carbocycles. The van der Waals surface area contributed by atoms with E-state index in [-0.39, 0.29) is 6.04 Å². The van der Waals surface area contributed by atoms with Gasteiger partial charge in [0, 0.05) is 24.7 Å². The van der Waals surface area contributed by atoms with Gasteiger partial charge in [-0.15, -0.1) is 0 Å². The Morgan fingerprint density at radius 2 is 1.57 bits per heavy atom. The van der Waals surface area contributed by atoms with Crippen LogP contribution in [0.2, 0.25) is 0 Å². The molecule has 4 heteroatoms. The van der Waals surface area contributed by atoms with Crippen molar-refractivity contribution in [3.63, 3.8) is 0 Å². The average molecular weight is 288 g/mol. The molecule has 0 bridgehead atoms. The molecule has 1 atom stereocenters. The second-order valence-corrected chi connectivity index (χ2v) is 6.25. The molecule has 1 aliphatic heterocycles. The predicted molar refractivity (Wildman–Crippen MR) is 84.7 cm³/mol. The van der Waals surface area contributed by atoms with Gasteiger partial charge < -0.3 is 4.90 Å². The van der Waals surface area contributed by atoms with Crippen LogP contribution in [0, 0.1) is 0 Å². The van der Waals surface area contributed by atoms with Gasteiger partial charge in [0.1, 0.15) is 0 Å². The van der Waals surface area contributed by atoms with Gasteiger partial charge in [0.05, 0.1) is 11.3 Å². The van der Waals surface area contributed by atoms with Gasteiger partial charge in [-0.05, 0) is 46.8 Å². The second-order valence-electron chi connectivity index (χ2n) is 6.25. The molecule has 0 spiro atoms. The summed E-state index contributed by atoms with van der Waals surface area (Å²) in [5.74, 6) is -0.797. The Morgan fingerprint density at radius 3 is 2.14 bits per heavy atom. The maximum Gasteiger partial charge on any atom is 0.299 e. The van der Waals surface area contributed by atoms with Crippen molar-refractivity contribution in [2.75, 3.05) is 11.4 Å². The van der Waals surface area contributed by atoms with Gasteiger partial charge in [-0.25, -0.2) is 0 Å². The maximum atomic E-state index is 12.2. The van der Waals surface area contributed by atoms with Crippen molar-refractivity contribution in [2.24, 2.45) is 0 Å². The number of Topliss-reactive ketones (excluding diaryl/α,β-unsaturated/α-hetero) is 1. The number of hydrogen-bond donors (Lipinski definition) is 0. The number of carbonyl (C=O) groups excluding carboxylic acids is 2. The summed E-state index contributed by atoms with van der Waals surface area (Å²) in [5.41, 5.74) is 1.27. The van der Waals surface area contributed by atoms with Crippen LogP contribution in [0.4, 0.5) is 5.69 Å². The summed E-state index contributed by atoms with van der Waals surface area (Å²) >= 11 is 0. The van der Waals surface area contributed by atoms with Crippen LogP contribution in [0.3, 0.4) is 0 Å². The van der Waals surface area contributed by atoms with Crippen LogP contribution >= 0.6 is 0 Å². The molecule has 0 N–H and O–H groups in total. The van der Waals surface area contributed by atoms with Crippen LogP contribution in [0.5, 0.6) is 0 Å². The lowest BCUT2D eigenvalue weighted by molar-refractivity contribution is -0.114. The van der Waals surface area contributed by atoms with Crippen LogP contribution in [-0.2, 0) is 4.79 Å². The van der Waals surface area contributed by atoms with E-state index in [1.165, 1.54) is 0 Å². The molecule has 1 unspecified atom stereocenters. The molecule has 1 heterocycles. The van der Waals surface area contributed by atoms with Crippen molar-refractivity contribution in [3.8, 4) is 0 Å². The SMILES string of the molecule is CC(C)N(C(C)C)C(C)CN1C(=O)C(=O)c2ccccc21. The Morgan fingerprint density at radius 1 is 1.00 bits per heavy atom. The molecule has 1 aromatic rings. The fourth-order valence-electron chi connectivity index (χ4n) is 3.40. The van der Waals surface area contributed by atoms with Gasteiger partial charge in [-0.2, -0.15) is 0 Å². The van der Waals surface area contributed by atoms with Crippen molar-refractivity contribution in [2.45, 2.75) is 52.7 Å². The van der Waals surface area contributed by atoms with Gasteiger partial charge in [0.15, 0.2) is 0 Å². The van der Waals surface area contributed by atoms with Gasteiger partial charge in [0.2, 0.25) is 0 Å². The molecule has 0 aromatic heterocycles. The van der Waals surface area contributed by atoms with E-state index < -0.39 is 11.7 Å². The van der Waals surface area contributed by atoms with Crippen molar-refractivity contribution in [1.82, 2.24) is 4.90 Å². The summed E-state index contributed by atoms with van der Waals surface area (Å²) in [4.78, 5) is 28.2. The quantitative estimate of drug-likeness (QED) is 0.782. The first kappa shape index (κ1) is 15.7. The minimum Gasteiger partial charge on any atom is -0.303 e. The Hall–Kier alpha value is -1.68. The van der Waals surface area contributed by atoms with E-state index >= 15 is 0 Å². The number of para-hydroxylation sites is 1. The Labute approximate surface area is 126 Å². The molecule has 1 amide bonds. The van der Waals surface area contributed by atoms with E-state index in [0.717, 1.165) is 5.69 Å². The molecule has 0 radical (unpaired) electrons. The fraction of sp³-hybridized carbons (Fsp3) is 0.529. The summed E-state index contributed by atoms with van der Waals surface area (Å²) in [6.45, 7) is 11.3. The molecule has 0 fully saturated rings. The summed E-state index contributed by atoms with van der Waals surface area (Å²) in [6.07, 6.45) is 0. The molecular weight excluding hydrogens is 264 g/mol. The predicted octanol–water partition coefficient (Wildman–Crippen LogP) is 2.72. The first-order chi connectivity index (χ1) is 9.84. The number of fused-ring (bicyclic) bond motifs is 1. The zero-order valence-electron chi connectivity index (χ0n) is 13.5.